The maximum atomic E-state index is 4.60. The summed E-state index contributed by atoms with van der Waals surface area (Å²) in [5, 5.41) is 1.04. The normalized spacial score (nSPS) is 17.5. The zero-order valence-electron chi connectivity index (χ0n) is 9.86. The minimum atomic E-state index is 0.489. The van der Waals surface area contributed by atoms with Gasteiger partial charge in [0.1, 0.15) is 0 Å². The number of nitrogens with one attached hydrogen (secondary N) is 1. The van der Waals surface area contributed by atoms with Gasteiger partial charge in [0.15, 0.2) is 5.16 Å². The van der Waals surface area contributed by atoms with Crippen LogP contribution in [-0.2, 0) is 0 Å². The van der Waals surface area contributed by atoms with Crippen LogP contribution in [0.25, 0.3) is 11.0 Å². The summed E-state index contributed by atoms with van der Waals surface area (Å²) in [6, 6.07) is 6.34. The summed E-state index contributed by atoms with van der Waals surface area (Å²) < 4.78 is 0. The largest absolute Gasteiger partial charge is 0.333 e. The molecule has 2 nitrogen and oxygen atoms in total. The van der Waals surface area contributed by atoms with E-state index in [2.05, 4.69) is 47.7 Å². The number of aromatic nitrogens is 2. The van der Waals surface area contributed by atoms with Crippen molar-refractivity contribution in [2.45, 2.75) is 24.9 Å². The number of aromatic amines is 1. The van der Waals surface area contributed by atoms with Gasteiger partial charge in [0.25, 0.3) is 0 Å². The van der Waals surface area contributed by atoms with Crippen LogP contribution in [0.1, 0.15) is 18.4 Å². The fourth-order valence-electron chi connectivity index (χ4n) is 1.91. The molecule has 0 radical (unpaired) electrons. The molecule has 1 aliphatic carbocycles. The minimum absolute atomic E-state index is 0.489. The van der Waals surface area contributed by atoms with Gasteiger partial charge in [-0.2, -0.15) is 12.6 Å². The first-order valence-electron chi connectivity index (χ1n) is 5.91. The van der Waals surface area contributed by atoms with Gasteiger partial charge in [-0.15, -0.1) is 0 Å². The number of rotatable bonds is 4. The maximum Gasteiger partial charge on any atom is 0.166 e. The van der Waals surface area contributed by atoms with Crippen LogP contribution in [0.3, 0.4) is 0 Å². The molecule has 2 aromatic rings. The van der Waals surface area contributed by atoms with Crippen LogP contribution in [0.15, 0.2) is 23.4 Å². The lowest BCUT2D eigenvalue weighted by Gasteiger charge is -2.08. The molecule has 1 heterocycles. The molecule has 90 valence electrons. The maximum absolute atomic E-state index is 4.60. The van der Waals surface area contributed by atoms with Crippen molar-refractivity contribution in [3.05, 3.63) is 23.8 Å². The number of fused-ring (bicyclic) bond motifs is 1. The monoisotopic (exact) mass is 264 g/mol. The average molecular weight is 264 g/mol. The van der Waals surface area contributed by atoms with Crippen LogP contribution in [0.4, 0.5) is 0 Å². The quantitative estimate of drug-likeness (QED) is 0.651. The first-order chi connectivity index (χ1) is 8.21. The Morgan fingerprint density at radius 1 is 1.47 bits per heavy atom. The second kappa shape index (κ2) is 4.25. The number of nitrogens with zero attached hydrogens (tertiary/aromatic N) is 1. The molecule has 4 heteroatoms. The van der Waals surface area contributed by atoms with E-state index in [4.69, 9.17) is 0 Å². The predicted molar refractivity (Wildman–Crippen MR) is 77.1 cm³/mol. The molecular formula is C13H16N2S2. The molecule has 3 rings (SSSR count). The predicted octanol–water partition coefficient (Wildman–Crippen LogP) is 3.67. The SMILES string of the molecule is Cc1ccc2nc(SCC3(CS)CC3)[nH]c2c1. The van der Waals surface area contributed by atoms with Gasteiger partial charge in [-0.25, -0.2) is 4.98 Å². The second-order valence-corrected chi connectivity index (χ2v) is 6.29. The molecule has 1 N–H and O–H groups in total. The molecule has 0 bridgehead atoms. The van der Waals surface area contributed by atoms with Crippen molar-refractivity contribution in [3.63, 3.8) is 0 Å². The Balaban J connectivity index is 1.77. The number of thiol groups is 1. The topological polar surface area (TPSA) is 28.7 Å². The molecule has 0 unspecified atom stereocenters. The van der Waals surface area contributed by atoms with Crippen molar-refractivity contribution in [1.82, 2.24) is 9.97 Å². The van der Waals surface area contributed by atoms with Gasteiger partial charge in [0, 0.05) is 5.75 Å². The van der Waals surface area contributed by atoms with Crippen LogP contribution >= 0.6 is 24.4 Å². The van der Waals surface area contributed by atoms with Crippen LogP contribution in [0, 0.1) is 12.3 Å². The summed E-state index contributed by atoms with van der Waals surface area (Å²) in [7, 11) is 0. The third kappa shape index (κ3) is 2.33. The van der Waals surface area contributed by atoms with Gasteiger partial charge in [-0.3, -0.25) is 0 Å². The van der Waals surface area contributed by atoms with E-state index in [1.807, 2.05) is 11.8 Å². The highest BCUT2D eigenvalue weighted by Crippen LogP contribution is 2.49. The van der Waals surface area contributed by atoms with Crippen molar-refractivity contribution < 1.29 is 0 Å². The van der Waals surface area contributed by atoms with E-state index in [1.54, 1.807) is 0 Å². The van der Waals surface area contributed by atoms with Crippen molar-refractivity contribution in [2.24, 2.45) is 5.41 Å². The summed E-state index contributed by atoms with van der Waals surface area (Å²) in [6.45, 7) is 2.10. The lowest BCUT2D eigenvalue weighted by molar-refractivity contribution is 0.682. The molecule has 17 heavy (non-hydrogen) atoms. The Morgan fingerprint density at radius 2 is 2.29 bits per heavy atom. The molecule has 1 aliphatic rings. The minimum Gasteiger partial charge on any atom is -0.333 e. The van der Waals surface area contributed by atoms with E-state index < -0.39 is 0 Å². The molecule has 0 atom stereocenters. The fraction of sp³-hybridized carbons (Fsp3) is 0.462. The van der Waals surface area contributed by atoms with E-state index in [-0.39, 0.29) is 0 Å². The molecule has 0 saturated heterocycles. The molecule has 0 amide bonds. The van der Waals surface area contributed by atoms with Crippen LogP contribution in [0.5, 0.6) is 0 Å². The summed E-state index contributed by atoms with van der Waals surface area (Å²) in [6.07, 6.45) is 2.64. The van der Waals surface area contributed by atoms with E-state index in [0.29, 0.717) is 5.41 Å². The first kappa shape index (κ1) is 11.5. The van der Waals surface area contributed by atoms with E-state index >= 15 is 0 Å². The molecule has 1 aromatic carbocycles. The molecule has 0 aliphatic heterocycles. The first-order valence-corrected chi connectivity index (χ1v) is 7.53. The Kier molecular flexibility index (Phi) is 2.87. The van der Waals surface area contributed by atoms with Crippen molar-refractivity contribution >= 4 is 35.4 Å². The summed E-state index contributed by atoms with van der Waals surface area (Å²) >= 11 is 6.26. The Bertz CT molecular complexity index is 543. The lowest BCUT2D eigenvalue weighted by Crippen LogP contribution is -2.05. The number of thioether (sulfide) groups is 1. The third-order valence-corrected chi connectivity index (χ3v) is 5.32. The molecular weight excluding hydrogens is 248 g/mol. The van der Waals surface area contributed by atoms with Crippen molar-refractivity contribution in [2.75, 3.05) is 11.5 Å². The second-order valence-electron chi connectivity index (χ2n) is 5.01. The van der Waals surface area contributed by atoms with E-state index in [9.17, 15) is 0 Å². The fourth-order valence-corrected chi connectivity index (χ4v) is 3.67. The Morgan fingerprint density at radius 3 is 3.00 bits per heavy atom. The van der Waals surface area contributed by atoms with E-state index in [1.165, 1.54) is 18.4 Å². The van der Waals surface area contributed by atoms with Crippen LogP contribution in [0.2, 0.25) is 0 Å². The molecule has 1 fully saturated rings. The number of benzene rings is 1. The lowest BCUT2D eigenvalue weighted by atomic mass is 10.2. The van der Waals surface area contributed by atoms with Crippen LogP contribution < -0.4 is 0 Å². The third-order valence-electron chi connectivity index (χ3n) is 3.42. The molecule has 1 aromatic heterocycles. The van der Waals surface area contributed by atoms with Crippen molar-refractivity contribution in [3.8, 4) is 0 Å². The zero-order chi connectivity index (χ0) is 11.9. The van der Waals surface area contributed by atoms with Gasteiger partial charge < -0.3 is 4.98 Å². The number of hydrogen-bond donors (Lipinski definition) is 2. The highest BCUT2D eigenvalue weighted by molar-refractivity contribution is 7.99. The summed E-state index contributed by atoms with van der Waals surface area (Å²) in [5.74, 6) is 2.13. The average Bonchev–Trinajstić information content (AvgIpc) is 3.00. The standard InChI is InChI=1S/C13H16N2S2/c1-9-2-3-10-11(6-9)15-12(14-10)17-8-13(7-16)4-5-13/h2-3,6,16H,4-5,7-8H2,1H3,(H,14,15). The van der Waals surface area contributed by atoms with Gasteiger partial charge >= 0.3 is 0 Å². The highest BCUT2D eigenvalue weighted by atomic mass is 32.2. The van der Waals surface area contributed by atoms with E-state index in [0.717, 1.165) is 27.7 Å². The van der Waals surface area contributed by atoms with Gasteiger partial charge in [-0.05, 0) is 48.6 Å². The van der Waals surface area contributed by atoms with Crippen molar-refractivity contribution in [1.29, 1.82) is 0 Å². The van der Waals surface area contributed by atoms with Gasteiger partial charge in [0.2, 0.25) is 0 Å². The smallest absolute Gasteiger partial charge is 0.166 e. The van der Waals surface area contributed by atoms with Crippen LogP contribution in [-0.4, -0.2) is 21.5 Å². The Hall–Kier alpha value is -0.610. The Labute approximate surface area is 111 Å². The van der Waals surface area contributed by atoms with Gasteiger partial charge in [0.05, 0.1) is 11.0 Å². The zero-order valence-corrected chi connectivity index (χ0v) is 11.6. The number of aryl methyl sites for hydroxylation is 1. The highest BCUT2D eigenvalue weighted by Gasteiger charge is 2.41. The number of hydrogen-bond acceptors (Lipinski definition) is 3. The number of H-pyrrole nitrogens is 1. The summed E-state index contributed by atoms with van der Waals surface area (Å²) in [4.78, 5) is 7.99. The van der Waals surface area contributed by atoms with Gasteiger partial charge in [-0.1, -0.05) is 17.8 Å². The molecule has 1 saturated carbocycles. The molecule has 0 spiro atoms. The number of imidazole rings is 1. The summed E-state index contributed by atoms with van der Waals surface area (Å²) in [5.41, 5.74) is 3.96.